The number of amides is 2. The van der Waals surface area contributed by atoms with E-state index >= 15 is 0 Å². The van der Waals surface area contributed by atoms with Gasteiger partial charge in [-0.1, -0.05) is 0 Å². The minimum Gasteiger partial charge on any atom is -0.399 e. The number of rotatable bonds is 5. The maximum atomic E-state index is 13.4. The zero-order valence-corrected chi connectivity index (χ0v) is 21.2. The minimum atomic E-state index is -0.202. The fourth-order valence-corrected chi connectivity index (χ4v) is 7.42. The highest BCUT2D eigenvalue weighted by molar-refractivity contribution is 6.06. The van der Waals surface area contributed by atoms with Crippen molar-refractivity contribution < 1.29 is 9.59 Å². The summed E-state index contributed by atoms with van der Waals surface area (Å²) in [5.74, 6) is 2.95. The molecule has 0 radical (unpaired) electrons. The molecule has 2 amide bonds. The number of nitrogens with one attached hydrogen (secondary N) is 3. The average molecular weight is 506 g/mol. The largest absolute Gasteiger partial charge is 0.399 e. The van der Waals surface area contributed by atoms with E-state index in [-0.39, 0.29) is 17.2 Å². The Hall–Kier alpha value is -4.13. The van der Waals surface area contributed by atoms with Gasteiger partial charge in [0.2, 0.25) is 5.91 Å². The summed E-state index contributed by atoms with van der Waals surface area (Å²) in [6.07, 6.45) is 7.15. The van der Waals surface area contributed by atoms with Crippen molar-refractivity contribution in [3.8, 4) is 11.4 Å². The van der Waals surface area contributed by atoms with E-state index in [1.165, 1.54) is 19.3 Å². The van der Waals surface area contributed by atoms with E-state index in [2.05, 4.69) is 15.6 Å². The van der Waals surface area contributed by atoms with Gasteiger partial charge in [0.25, 0.3) is 5.91 Å². The van der Waals surface area contributed by atoms with Crippen molar-refractivity contribution in [2.24, 2.45) is 23.2 Å². The molecule has 192 valence electrons. The Kier molecular flexibility index (Phi) is 5.28. The van der Waals surface area contributed by atoms with Gasteiger partial charge in [-0.2, -0.15) is 0 Å². The second-order valence-corrected chi connectivity index (χ2v) is 11.6. The van der Waals surface area contributed by atoms with Crippen LogP contribution in [0.25, 0.3) is 22.4 Å². The molecule has 1 heterocycles. The van der Waals surface area contributed by atoms with Crippen molar-refractivity contribution in [1.29, 1.82) is 0 Å². The van der Waals surface area contributed by atoms with E-state index in [1.54, 1.807) is 36.4 Å². The van der Waals surface area contributed by atoms with Crippen LogP contribution in [-0.2, 0) is 4.79 Å². The first-order chi connectivity index (χ1) is 18.4. The fraction of sp³-hybridized carbons (Fsp3) is 0.323. The SMILES string of the molecule is Nc1ccc(NC(=O)c2ccc3nc(-c4ccc(NC(=O)C56CC7CC(CC(C7)C5)C6)cc4)[nH]c3c2)cc1. The summed E-state index contributed by atoms with van der Waals surface area (Å²) in [5.41, 5.74) is 10.7. The van der Waals surface area contributed by atoms with Gasteiger partial charge in [0, 0.05) is 28.2 Å². The highest BCUT2D eigenvalue weighted by Crippen LogP contribution is 2.60. The molecule has 0 saturated heterocycles. The van der Waals surface area contributed by atoms with E-state index in [0.29, 0.717) is 16.9 Å². The second kappa shape index (κ2) is 8.72. The number of carbonyl (C=O) groups excluding carboxylic acids is 2. The molecular formula is C31H31N5O2. The zero-order chi connectivity index (χ0) is 25.9. The molecule has 1 aromatic heterocycles. The predicted octanol–water partition coefficient (Wildman–Crippen LogP) is 6.22. The van der Waals surface area contributed by atoms with Crippen LogP contribution < -0.4 is 16.4 Å². The average Bonchev–Trinajstić information content (AvgIpc) is 3.33. The number of nitrogens with two attached hydrogens (primary N) is 1. The molecule has 0 spiro atoms. The van der Waals surface area contributed by atoms with Gasteiger partial charge < -0.3 is 21.4 Å². The maximum absolute atomic E-state index is 13.4. The lowest BCUT2D eigenvalue weighted by Gasteiger charge is -2.55. The molecule has 5 N–H and O–H groups in total. The van der Waals surface area contributed by atoms with Gasteiger partial charge >= 0.3 is 0 Å². The highest BCUT2D eigenvalue weighted by Gasteiger charge is 2.54. The van der Waals surface area contributed by atoms with Crippen molar-refractivity contribution in [2.75, 3.05) is 16.4 Å². The molecule has 0 unspecified atom stereocenters. The number of carbonyl (C=O) groups is 2. The number of hydrogen-bond donors (Lipinski definition) is 4. The first kappa shape index (κ1) is 23.0. The van der Waals surface area contributed by atoms with Gasteiger partial charge in [-0.15, -0.1) is 0 Å². The molecule has 4 aliphatic carbocycles. The Bertz CT molecular complexity index is 1500. The van der Waals surface area contributed by atoms with Crippen LogP contribution in [-0.4, -0.2) is 21.8 Å². The molecule has 7 heteroatoms. The highest BCUT2D eigenvalue weighted by atomic mass is 16.2. The Morgan fingerprint density at radius 3 is 2.08 bits per heavy atom. The van der Waals surface area contributed by atoms with Crippen molar-refractivity contribution in [3.63, 3.8) is 0 Å². The summed E-state index contributed by atoms with van der Waals surface area (Å²) in [7, 11) is 0. The van der Waals surface area contributed by atoms with E-state index in [0.717, 1.165) is 65.1 Å². The van der Waals surface area contributed by atoms with E-state index in [9.17, 15) is 9.59 Å². The van der Waals surface area contributed by atoms with Crippen LogP contribution in [0.15, 0.2) is 66.7 Å². The van der Waals surface area contributed by atoms with Crippen LogP contribution in [0.3, 0.4) is 0 Å². The molecule has 4 aromatic rings. The van der Waals surface area contributed by atoms with Crippen LogP contribution >= 0.6 is 0 Å². The number of nitrogen functional groups attached to an aromatic ring is 1. The third-order valence-corrected chi connectivity index (χ3v) is 8.85. The second-order valence-electron chi connectivity index (χ2n) is 11.6. The number of nitrogens with zero attached hydrogens (tertiary/aromatic N) is 1. The number of H-pyrrole nitrogens is 1. The molecule has 8 rings (SSSR count). The van der Waals surface area contributed by atoms with Crippen molar-refractivity contribution in [3.05, 3.63) is 72.3 Å². The summed E-state index contributed by atoms with van der Waals surface area (Å²) in [5, 5.41) is 6.11. The van der Waals surface area contributed by atoms with Crippen LogP contribution in [0, 0.1) is 23.2 Å². The van der Waals surface area contributed by atoms with Gasteiger partial charge in [-0.05, 0) is 123 Å². The molecule has 4 aliphatic rings. The number of aromatic amines is 1. The summed E-state index contributed by atoms with van der Waals surface area (Å²) < 4.78 is 0. The smallest absolute Gasteiger partial charge is 0.255 e. The van der Waals surface area contributed by atoms with Crippen LogP contribution in [0.1, 0.15) is 48.9 Å². The van der Waals surface area contributed by atoms with Gasteiger partial charge in [-0.3, -0.25) is 9.59 Å². The van der Waals surface area contributed by atoms with E-state index < -0.39 is 0 Å². The molecular weight excluding hydrogens is 474 g/mol. The number of benzene rings is 3. The number of hydrogen-bond acceptors (Lipinski definition) is 4. The number of fused-ring (bicyclic) bond motifs is 1. The van der Waals surface area contributed by atoms with Gasteiger partial charge in [0.15, 0.2) is 0 Å². The molecule has 0 atom stereocenters. The monoisotopic (exact) mass is 505 g/mol. The summed E-state index contributed by atoms with van der Waals surface area (Å²) in [4.78, 5) is 34.2. The number of aromatic nitrogens is 2. The zero-order valence-electron chi connectivity index (χ0n) is 21.2. The summed E-state index contributed by atoms with van der Waals surface area (Å²) in [6, 6.07) is 20.3. The quantitative estimate of drug-likeness (QED) is 0.241. The first-order valence-electron chi connectivity index (χ1n) is 13.5. The summed E-state index contributed by atoms with van der Waals surface area (Å²) >= 11 is 0. The van der Waals surface area contributed by atoms with Crippen molar-refractivity contribution >= 4 is 39.9 Å². The lowest BCUT2D eigenvalue weighted by molar-refractivity contribution is -0.140. The van der Waals surface area contributed by atoms with Crippen molar-refractivity contribution in [2.45, 2.75) is 38.5 Å². The topological polar surface area (TPSA) is 113 Å². The minimum absolute atomic E-state index is 0.163. The van der Waals surface area contributed by atoms with Crippen molar-refractivity contribution in [1.82, 2.24) is 9.97 Å². The number of imidazole rings is 1. The van der Waals surface area contributed by atoms with Gasteiger partial charge in [0.1, 0.15) is 5.82 Å². The van der Waals surface area contributed by atoms with E-state index in [4.69, 9.17) is 10.7 Å². The van der Waals surface area contributed by atoms with Gasteiger partial charge in [0.05, 0.1) is 16.4 Å². The fourth-order valence-electron chi connectivity index (χ4n) is 7.42. The first-order valence-corrected chi connectivity index (χ1v) is 13.5. The Balaban J connectivity index is 1.05. The standard InChI is InChI=1S/C31H31N5O2/c32-23-4-8-24(9-5-23)33-29(37)22-3-10-26-27(14-22)36-28(35-26)21-1-6-25(7-2-21)34-30(38)31-15-18-11-19(16-31)13-20(12-18)17-31/h1-10,14,18-20H,11-13,15-17,32H2,(H,33,37)(H,34,38)(H,35,36). The third-order valence-electron chi connectivity index (χ3n) is 8.85. The lowest BCUT2D eigenvalue weighted by atomic mass is 9.49. The molecule has 7 nitrogen and oxygen atoms in total. The molecule has 4 bridgehead atoms. The Morgan fingerprint density at radius 1 is 0.816 bits per heavy atom. The maximum Gasteiger partial charge on any atom is 0.255 e. The summed E-state index contributed by atoms with van der Waals surface area (Å²) in [6.45, 7) is 0. The van der Waals surface area contributed by atoms with E-state index in [1.807, 2.05) is 30.3 Å². The Labute approximate surface area is 221 Å². The normalized spacial score (nSPS) is 25.4. The predicted molar refractivity (Wildman–Crippen MR) is 150 cm³/mol. The molecule has 4 saturated carbocycles. The van der Waals surface area contributed by atoms with Gasteiger partial charge in [-0.25, -0.2) is 4.98 Å². The molecule has 4 fully saturated rings. The van der Waals surface area contributed by atoms with Crippen LogP contribution in [0.5, 0.6) is 0 Å². The lowest BCUT2D eigenvalue weighted by Crippen LogP contribution is -2.51. The Morgan fingerprint density at radius 2 is 1.42 bits per heavy atom. The molecule has 38 heavy (non-hydrogen) atoms. The van der Waals surface area contributed by atoms with Crippen LogP contribution in [0.2, 0.25) is 0 Å². The van der Waals surface area contributed by atoms with Crippen LogP contribution in [0.4, 0.5) is 17.1 Å². The molecule has 3 aromatic carbocycles. The molecule has 0 aliphatic heterocycles. The number of anilines is 3. The third kappa shape index (κ3) is 4.12.